The van der Waals surface area contributed by atoms with Crippen LogP contribution in [0, 0.1) is 23.8 Å². The van der Waals surface area contributed by atoms with Crippen LogP contribution in [0.4, 0.5) is 17.1 Å². The number of aliphatic hydroxyl groups excluding tert-OH is 1. The summed E-state index contributed by atoms with van der Waals surface area (Å²) in [6.45, 7) is 11.9. The van der Waals surface area contributed by atoms with E-state index in [0.717, 1.165) is 75.7 Å². The number of ketones is 1. The van der Waals surface area contributed by atoms with Crippen molar-refractivity contribution in [2.45, 2.75) is 73.6 Å². The zero-order valence-electron chi connectivity index (χ0n) is 30.3. The van der Waals surface area contributed by atoms with Gasteiger partial charge in [-0.3, -0.25) is 9.78 Å². The fraction of sp³-hybridized carbons (Fsp3) is 0.333. The van der Waals surface area contributed by atoms with Crippen molar-refractivity contribution >= 4 is 44.5 Å². The van der Waals surface area contributed by atoms with Crippen molar-refractivity contribution in [1.82, 2.24) is 4.98 Å². The number of aromatic nitrogens is 1. The number of hydrogen-bond acceptors (Lipinski definition) is 4. The average molecular weight is 806 g/mol. The largest absolute Gasteiger partial charge is 0.512 e. The maximum Gasteiger partial charge on any atom is 0.162 e. The minimum atomic E-state index is -1.47. The summed E-state index contributed by atoms with van der Waals surface area (Å²) in [4.78, 5) is 19.1. The van der Waals surface area contributed by atoms with Crippen LogP contribution in [-0.4, -0.2) is 15.9 Å². The molecule has 0 amide bonds. The summed E-state index contributed by atoms with van der Waals surface area (Å²) in [5.41, 5.74) is 6.42. The van der Waals surface area contributed by atoms with Crippen LogP contribution in [0.15, 0.2) is 96.8 Å². The van der Waals surface area contributed by atoms with E-state index < -0.39 is 6.37 Å². The number of hydrogen-bond donors (Lipinski definition) is 1. The Kier molecular flexibility index (Phi) is 11.5. The van der Waals surface area contributed by atoms with Gasteiger partial charge in [0.05, 0.1) is 11.3 Å². The Morgan fingerprint density at radius 3 is 2.23 bits per heavy atom. The van der Waals surface area contributed by atoms with Gasteiger partial charge >= 0.3 is 0 Å². The molecule has 1 aliphatic heterocycles. The molecule has 47 heavy (non-hydrogen) atoms. The van der Waals surface area contributed by atoms with Crippen LogP contribution in [0.25, 0.3) is 32.9 Å². The Balaban J connectivity index is 0.000000290. The molecule has 0 fully saturated rings. The summed E-state index contributed by atoms with van der Waals surface area (Å²) in [6, 6.07) is 32.0. The van der Waals surface area contributed by atoms with Crippen LogP contribution in [0.5, 0.6) is 0 Å². The zero-order valence-corrected chi connectivity index (χ0v) is 30.7. The molecule has 247 valence electrons. The Morgan fingerprint density at radius 2 is 1.57 bits per heavy atom. The molecule has 1 aromatic heterocycles. The Hall–Kier alpha value is -3.79. The topological polar surface area (TPSA) is 53.4 Å². The van der Waals surface area contributed by atoms with Crippen LogP contribution in [0.2, 0.25) is 0 Å². The number of aliphatic hydroxyl groups is 1. The number of anilines is 3. The Morgan fingerprint density at radius 1 is 0.894 bits per heavy atom. The van der Waals surface area contributed by atoms with Gasteiger partial charge in [-0.2, -0.15) is 0 Å². The monoisotopic (exact) mass is 806 g/mol. The number of rotatable bonds is 10. The van der Waals surface area contributed by atoms with E-state index in [-0.39, 0.29) is 49.4 Å². The van der Waals surface area contributed by atoms with Crippen LogP contribution < -0.4 is 4.90 Å². The molecule has 0 bridgehead atoms. The van der Waals surface area contributed by atoms with Gasteiger partial charge in [0.25, 0.3) is 0 Å². The molecular weight excluding hydrogens is 757 g/mol. The molecule has 0 saturated heterocycles. The number of pyridine rings is 1. The molecule has 5 heteroatoms. The van der Waals surface area contributed by atoms with E-state index >= 15 is 0 Å². The Bertz CT molecular complexity index is 1930. The van der Waals surface area contributed by atoms with E-state index in [2.05, 4.69) is 53.4 Å². The van der Waals surface area contributed by atoms with Crippen molar-refractivity contribution < 1.29 is 32.7 Å². The van der Waals surface area contributed by atoms with Crippen molar-refractivity contribution in [3.05, 3.63) is 108 Å². The second-order valence-electron chi connectivity index (χ2n) is 12.3. The van der Waals surface area contributed by atoms with Gasteiger partial charge in [0, 0.05) is 68.9 Å². The van der Waals surface area contributed by atoms with E-state index in [1.54, 1.807) is 0 Å². The molecule has 0 unspecified atom stereocenters. The molecule has 0 spiro atoms. The maximum atomic E-state index is 11.7. The van der Waals surface area contributed by atoms with E-state index in [0.29, 0.717) is 5.56 Å². The molecule has 6 rings (SSSR count). The van der Waals surface area contributed by atoms with Crippen molar-refractivity contribution in [2.24, 2.45) is 17.8 Å². The fourth-order valence-corrected chi connectivity index (χ4v) is 6.37. The molecule has 0 saturated carbocycles. The van der Waals surface area contributed by atoms with Gasteiger partial charge in [-0.15, -0.1) is 23.8 Å². The van der Waals surface area contributed by atoms with Crippen LogP contribution >= 0.6 is 0 Å². The van der Waals surface area contributed by atoms with Crippen LogP contribution in [0.3, 0.4) is 0 Å². The van der Waals surface area contributed by atoms with Crippen LogP contribution in [-0.2, 0) is 31.3 Å². The van der Waals surface area contributed by atoms with Crippen molar-refractivity contribution in [1.29, 1.82) is 0 Å². The quantitative estimate of drug-likeness (QED) is 0.0851. The molecule has 0 aliphatic carbocycles. The van der Waals surface area contributed by atoms with Gasteiger partial charge in [0.15, 0.2) is 5.78 Å². The molecule has 5 aromatic rings. The average Bonchev–Trinajstić information content (AvgIpc) is 3.09. The minimum Gasteiger partial charge on any atom is -0.512 e. The fourth-order valence-electron chi connectivity index (χ4n) is 6.37. The first-order valence-electron chi connectivity index (χ1n) is 17.7. The summed E-state index contributed by atoms with van der Waals surface area (Å²) < 4.78 is 17.6. The number of benzene rings is 4. The molecule has 4 aromatic carbocycles. The third kappa shape index (κ3) is 7.69. The Labute approximate surface area is 297 Å². The zero-order chi connectivity index (χ0) is 34.6. The van der Waals surface area contributed by atoms with Gasteiger partial charge in [0.2, 0.25) is 0 Å². The molecule has 2 heterocycles. The van der Waals surface area contributed by atoms with E-state index in [1.807, 2.05) is 84.0 Å². The predicted molar refractivity (Wildman–Crippen MR) is 194 cm³/mol. The molecule has 1 N–H and O–H groups in total. The first kappa shape index (κ1) is 33.1. The third-order valence-corrected chi connectivity index (χ3v) is 8.91. The maximum absolute atomic E-state index is 11.7. The minimum absolute atomic E-state index is 0. The first-order valence-corrected chi connectivity index (χ1v) is 16.7. The van der Waals surface area contributed by atoms with E-state index in [9.17, 15) is 9.90 Å². The smallest absolute Gasteiger partial charge is 0.162 e. The third-order valence-electron chi connectivity index (χ3n) is 8.91. The van der Waals surface area contributed by atoms with E-state index in [4.69, 9.17) is 7.73 Å². The number of nitrogens with zero attached hydrogens (tertiary/aromatic N) is 2. The molecule has 4 nitrogen and oxygen atoms in total. The SMILES string of the molecule is CCC(CC)C(=O)/C=C(\O)C(CC)CC.[2H]C([2H])(c1cccc2nc3c(cc12)N(c1ccccc1)c1cccc2cc[c-]c-3c12)C(C)C.[Ir]. The molecule has 1 radical (unpaired) electrons. The second kappa shape index (κ2) is 16.4. The second-order valence-corrected chi connectivity index (χ2v) is 12.3. The van der Waals surface area contributed by atoms with Crippen molar-refractivity contribution in [3.8, 4) is 11.3 Å². The molecule has 0 atom stereocenters. The number of fused-ring (bicyclic) bond motifs is 3. The summed E-state index contributed by atoms with van der Waals surface area (Å²) >= 11 is 0. The standard InChI is InChI=1S/C29H23N2.C13H24O2.Ir/c1-19(2)17-21-11-7-15-25-24(21)18-27-29(30-25)23-14-6-9-20-10-8-16-26(28(20)23)31(27)22-12-4-3-5-13-22;1-5-10(6-2)12(14)9-13(15)11(7-3)8-4;/h3-13,15-16,18-19H,17H2,1-2H3;9-11,14H,5-8H2,1-4H3;/q-1;;/b;12-9-;/i17D2;;. The van der Waals surface area contributed by atoms with Gasteiger partial charge in [-0.1, -0.05) is 94.8 Å². The normalized spacial score (nSPS) is 13.2. The van der Waals surface area contributed by atoms with Gasteiger partial charge in [-0.05, 0) is 73.9 Å². The molecule has 1 aliphatic rings. The van der Waals surface area contributed by atoms with Crippen molar-refractivity contribution in [3.63, 3.8) is 0 Å². The summed E-state index contributed by atoms with van der Waals surface area (Å²) in [7, 11) is 0. The van der Waals surface area contributed by atoms with Gasteiger partial charge in [0.1, 0.15) is 0 Å². The number of carbonyl (C=O) groups excluding carboxylic acids is 1. The van der Waals surface area contributed by atoms with Gasteiger partial charge < -0.3 is 10.0 Å². The van der Waals surface area contributed by atoms with Crippen LogP contribution in [0.1, 0.15) is 75.5 Å². The van der Waals surface area contributed by atoms with E-state index in [1.165, 1.54) is 6.08 Å². The number of carbonyl (C=O) groups is 1. The molecular formula is C42H47IrN2O2-. The van der Waals surface area contributed by atoms with Gasteiger partial charge in [-0.25, -0.2) is 0 Å². The number of allylic oxidation sites excluding steroid dienone is 2. The summed E-state index contributed by atoms with van der Waals surface area (Å²) in [5.74, 6) is 0.387. The first-order chi connectivity index (χ1) is 23.1. The number of para-hydroxylation sites is 1. The summed E-state index contributed by atoms with van der Waals surface area (Å²) in [5, 5.41) is 12.9. The predicted octanol–water partition coefficient (Wildman–Crippen LogP) is 11.7. The van der Waals surface area contributed by atoms with Crippen molar-refractivity contribution in [2.75, 3.05) is 4.90 Å². The summed E-state index contributed by atoms with van der Waals surface area (Å²) in [6.07, 6.45) is 3.44.